The molecule has 0 unspecified atom stereocenters. The van der Waals surface area contributed by atoms with Gasteiger partial charge >= 0.3 is 0 Å². The maximum Gasteiger partial charge on any atom is 0.133 e. The van der Waals surface area contributed by atoms with Crippen molar-refractivity contribution in [2.75, 3.05) is 84.6 Å². The molecule has 2 aromatic carbocycles. The van der Waals surface area contributed by atoms with E-state index in [0.717, 1.165) is 72.8 Å². The van der Waals surface area contributed by atoms with Gasteiger partial charge in [-0.05, 0) is 41.8 Å². The van der Waals surface area contributed by atoms with E-state index >= 15 is 0 Å². The lowest BCUT2D eigenvalue weighted by Gasteiger charge is -2.28. The lowest BCUT2D eigenvalue weighted by molar-refractivity contribution is -0.884. The molecule has 0 amide bonds. The summed E-state index contributed by atoms with van der Waals surface area (Å²) in [7, 11) is 25.8. The van der Waals surface area contributed by atoms with E-state index in [1.54, 1.807) is 0 Å². The molecule has 0 fully saturated rings. The number of nitrogens with zero attached hydrogens (tertiary/aromatic N) is 4. The van der Waals surface area contributed by atoms with Crippen molar-refractivity contribution in [3.05, 3.63) is 57.6 Å². The Hall–Kier alpha value is 0.800. The molecule has 0 aromatic heterocycles. The van der Waals surface area contributed by atoms with E-state index in [4.69, 9.17) is 0 Å². The zero-order valence-electron chi connectivity index (χ0n) is 26.0. The predicted molar refractivity (Wildman–Crippen MR) is 146 cm³/mol. The van der Waals surface area contributed by atoms with Gasteiger partial charge in [0.2, 0.25) is 0 Å². The highest BCUT2D eigenvalue weighted by atomic mass is 127. The molecule has 0 saturated carbocycles. The van der Waals surface area contributed by atoms with Crippen LogP contribution in [0.3, 0.4) is 0 Å². The number of rotatable bonds is 10. The molecule has 2 rings (SSSR count). The topological polar surface area (TPSA) is 40.5 Å². The minimum atomic E-state index is 0. The van der Waals surface area contributed by atoms with Crippen LogP contribution < -0.4 is 95.9 Å². The molecule has 0 radical (unpaired) electrons. The van der Waals surface area contributed by atoms with Crippen molar-refractivity contribution in [1.82, 2.24) is 0 Å². The van der Waals surface area contributed by atoms with Crippen molar-refractivity contribution in [2.24, 2.45) is 0 Å². The maximum atomic E-state index is 11.1. The number of hydrogen-bond donors (Lipinski definition) is 2. The van der Waals surface area contributed by atoms with Gasteiger partial charge in [-0.1, -0.05) is 0 Å². The Morgan fingerprint density at radius 3 is 0.744 bits per heavy atom. The highest BCUT2D eigenvalue weighted by Gasteiger charge is 2.23. The molecule has 39 heavy (non-hydrogen) atoms. The van der Waals surface area contributed by atoms with Gasteiger partial charge in [0.25, 0.3) is 0 Å². The summed E-state index contributed by atoms with van der Waals surface area (Å²) >= 11 is 0. The van der Waals surface area contributed by atoms with E-state index in [1.807, 2.05) is 0 Å². The Kier molecular flexibility index (Phi) is 18.8. The number of halogens is 4. The van der Waals surface area contributed by atoms with E-state index in [0.29, 0.717) is 11.5 Å². The second kappa shape index (κ2) is 16.6. The Bertz CT molecular complexity index is 894. The summed E-state index contributed by atoms with van der Waals surface area (Å²) in [4.78, 5) is 0. The largest absolute Gasteiger partial charge is 1.00 e. The molecule has 6 nitrogen and oxygen atoms in total. The SMILES string of the molecule is C[N+](C)(C)Cc1cc(Cc2cc(C[N+](C)(C)C)c(O)c(C[N+](C)(C)C)c2)cc(C[N+](C)(C)C)c1O.[I-].[I-].[I-].[I-]. The van der Waals surface area contributed by atoms with Crippen LogP contribution in [0.1, 0.15) is 33.4 Å². The molecule has 0 aliphatic rings. The number of aromatic hydroxyl groups is 2. The summed E-state index contributed by atoms with van der Waals surface area (Å²) in [6.07, 6.45) is 0.767. The molecular weight excluding hydrogens is 944 g/mol. The van der Waals surface area contributed by atoms with Crippen molar-refractivity contribution >= 4 is 0 Å². The quantitative estimate of drug-likeness (QED) is 0.184. The van der Waals surface area contributed by atoms with Crippen molar-refractivity contribution in [1.29, 1.82) is 0 Å². The van der Waals surface area contributed by atoms with Crippen LogP contribution in [0.25, 0.3) is 0 Å². The first-order chi connectivity index (χ1) is 15.6. The highest BCUT2D eigenvalue weighted by Crippen LogP contribution is 2.32. The van der Waals surface area contributed by atoms with Crippen molar-refractivity contribution in [3.8, 4) is 11.5 Å². The fourth-order valence-electron chi connectivity index (χ4n) is 4.63. The van der Waals surface area contributed by atoms with E-state index in [2.05, 4.69) is 109 Å². The van der Waals surface area contributed by atoms with Crippen molar-refractivity contribution < 1.29 is 124 Å². The fraction of sp³-hybridized carbons (Fsp3) is 0.586. The van der Waals surface area contributed by atoms with Crippen molar-refractivity contribution in [3.63, 3.8) is 0 Å². The lowest BCUT2D eigenvalue weighted by Crippen LogP contribution is -3.00. The summed E-state index contributed by atoms with van der Waals surface area (Å²) in [6.45, 7) is 3.05. The predicted octanol–water partition coefficient (Wildman–Crippen LogP) is -8.47. The standard InChI is InChI=1S/C29H50N4O2.4HI/c1-30(2,3)18-24-14-22(15-25(28(24)34)19-31(4,5)6)13-23-16-26(20-32(7,8)9)29(35)27(17-23)21-33(10,11)12;;;;/h14-17H,13,18-21H2,1-12H3;4*1H/q+2;;;;/p-2. The van der Waals surface area contributed by atoms with E-state index in [9.17, 15) is 10.2 Å². The van der Waals surface area contributed by atoms with Crippen LogP contribution in [0.2, 0.25) is 0 Å². The Morgan fingerprint density at radius 1 is 0.410 bits per heavy atom. The van der Waals surface area contributed by atoms with Crippen LogP contribution in [0, 0.1) is 0 Å². The smallest absolute Gasteiger partial charge is 0.133 e. The molecule has 0 atom stereocenters. The van der Waals surface area contributed by atoms with Crippen LogP contribution in [0.5, 0.6) is 11.5 Å². The Labute approximate surface area is 307 Å². The van der Waals surface area contributed by atoms with Crippen LogP contribution in [0.15, 0.2) is 24.3 Å². The summed E-state index contributed by atoms with van der Waals surface area (Å²) in [5.74, 6) is 0.856. The zero-order chi connectivity index (χ0) is 27.0. The molecule has 10 heteroatoms. The Morgan fingerprint density at radius 2 is 0.590 bits per heavy atom. The molecule has 2 N–H and O–H groups in total. The van der Waals surface area contributed by atoms with Gasteiger partial charge in [0.15, 0.2) is 0 Å². The highest BCUT2D eigenvalue weighted by molar-refractivity contribution is 5.47. The molecule has 0 aliphatic carbocycles. The summed E-state index contributed by atoms with van der Waals surface area (Å²) in [5, 5.41) is 22.3. The molecular formula is C29H52I4N4O2. The van der Waals surface area contributed by atoms with Gasteiger partial charge in [-0.3, -0.25) is 0 Å². The minimum absolute atomic E-state index is 0. The molecule has 0 saturated heterocycles. The van der Waals surface area contributed by atoms with E-state index < -0.39 is 0 Å². The summed E-state index contributed by atoms with van der Waals surface area (Å²) in [5.41, 5.74) is 6.39. The third-order valence-corrected chi connectivity index (χ3v) is 5.64. The van der Waals surface area contributed by atoms with Crippen LogP contribution in [-0.4, -0.2) is 113 Å². The van der Waals surface area contributed by atoms with Gasteiger partial charge in [0, 0.05) is 22.3 Å². The normalized spacial score (nSPS) is 12.0. The van der Waals surface area contributed by atoms with Gasteiger partial charge < -0.3 is 124 Å². The van der Waals surface area contributed by atoms with Crippen LogP contribution in [0.4, 0.5) is 0 Å². The number of benzene rings is 2. The monoisotopic (exact) mass is 996 g/mol. The molecule has 2 aromatic rings. The van der Waals surface area contributed by atoms with Gasteiger partial charge in [0.1, 0.15) is 37.7 Å². The first-order valence-corrected chi connectivity index (χ1v) is 12.5. The number of quaternary nitrogens is 4. The summed E-state index contributed by atoms with van der Waals surface area (Å²) < 4.78 is 3.01. The van der Waals surface area contributed by atoms with E-state index in [-0.39, 0.29) is 95.9 Å². The van der Waals surface area contributed by atoms with Crippen LogP contribution in [-0.2, 0) is 32.6 Å². The number of phenolic OH excluding ortho intramolecular Hbond substituents is 2. The zero-order valence-corrected chi connectivity index (χ0v) is 34.7. The Balaban J connectivity index is -0.00000324. The average molecular weight is 996 g/mol. The number of phenols is 2. The summed E-state index contributed by atoms with van der Waals surface area (Å²) in [6, 6.07) is 8.68. The second-order valence-corrected chi connectivity index (χ2v) is 14.5. The molecule has 0 bridgehead atoms. The first-order valence-electron chi connectivity index (χ1n) is 12.5. The molecule has 0 aliphatic heterocycles. The van der Waals surface area contributed by atoms with Gasteiger partial charge in [-0.15, -0.1) is 0 Å². The third-order valence-electron chi connectivity index (χ3n) is 5.64. The van der Waals surface area contributed by atoms with Crippen LogP contribution >= 0.6 is 0 Å². The molecule has 0 heterocycles. The third kappa shape index (κ3) is 16.3. The first kappa shape index (κ1) is 44.2. The van der Waals surface area contributed by atoms with E-state index in [1.165, 1.54) is 11.1 Å². The van der Waals surface area contributed by atoms with Crippen molar-refractivity contribution in [2.45, 2.75) is 32.6 Å². The molecule has 228 valence electrons. The second-order valence-electron chi connectivity index (χ2n) is 14.5. The lowest BCUT2D eigenvalue weighted by atomic mass is 9.94. The van der Waals surface area contributed by atoms with Gasteiger partial charge in [-0.25, -0.2) is 0 Å². The van der Waals surface area contributed by atoms with Gasteiger partial charge in [-0.2, -0.15) is 0 Å². The van der Waals surface area contributed by atoms with Gasteiger partial charge in [0.05, 0.1) is 84.6 Å². The maximum absolute atomic E-state index is 11.1. The average Bonchev–Trinajstić information content (AvgIpc) is 2.58. The number of hydrogen-bond acceptors (Lipinski definition) is 2. The minimum Gasteiger partial charge on any atom is -1.00 e. The fourth-order valence-corrected chi connectivity index (χ4v) is 4.63. The molecule has 0 spiro atoms.